The molecule has 0 unspecified atom stereocenters. The van der Waals surface area contributed by atoms with Crippen LogP contribution >= 0.6 is 11.3 Å². The first-order valence-electron chi connectivity index (χ1n) is 4.69. The van der Waals surface area contributed by atoms with E-state index in [2.05, 4.69) is 4.98 Å². The van der Waals surface area contributed by atoms with E-state index in [0.717, 1.165) is 17.4 Å². The van der Waals surface area contributed by atoms with Crippen LogP contribution in [0.5, 0.6) is 0 Å². The highest BCUT2D eigenvalue weighted by molar-refractivity contribution is 7.11. The van der Waals surface area contributed by atoms with Crippen molar-refractivity contribution in [2.75, 3.05) is 0 Å². The molecule has 2 nitrogen and oxygen atoms in total. The van der Waals surface area contributed by atoms with Gasteiger partial charge in [-0.25, -0.2) is 4.39 Å². The Labute approximate surface area is 103 Å². The highest BCUT2D eigenvalue weighted by atomic mass is 32.1. The summed E-state index contributed by atoms with van der Waals surface area (Å²) in [5.74, 6) is -2.01. The Bertz CT molecular complexity index is 577. The van der Waals surface area contributed by atoms with Crippen LogP contribution in [0.2, 0.25) is 0 Å². The van der Waals surface area contributed by atoms with Crippen molar-refractivity contribution in [3.05, 3.63) is 51.7 Å². The highest BCUT2D eigenvalue weighted by Crippen LogP contribution is 2.32. The van der Waals surface area contributed by atoms with Crippen LogP contribution in [-0.4, -0.2) is 10.8 Å². The Kier molecular flexibility index (Phi) is 3.16. The SMILES string of the molecule is O=C(c1ccc(F)c(C(F)(F)F)c1)c1cncs1. The zero-order valence-electron chi connectivity index (χ0n) is 8.66. The van der Waals surface area contributed by atoms with E-state index in [1.165, 1.54) is 11.7 Å². The first kappa shape index (κ1) is 12.7. The normalized spacial score (nSPS) is 11.6. The van der Waals surface area contributed by atoms with Gasteiger partial charge in [-0.1, -0.05) is 0 Å². The fourth-order valence-corrected chi connectivity index (χ4v) is 1.94. The lowest BCUT2D eigenvalue weighted by molar-refractivity contribution is -0.140. The van der Waals surface area contributed by atoms with Crippen molar-refractivity contribution in [3.8, 4) is 0 Å². The van der Waals surface area contributed by atoms with Crippen LogP contribution in [0.25, 0.3) is 0 Å². The van der Waals surface area contributed by atoms with E-state index in [1.807, 2.05) is 0 Å². The van der Waals surface area contributed by atoms with Crippen molar-refractivity contribution >= 4 is 17.1 Å². The summed E-state index contributed by atoms with van der Waals surface area (Å²) >= 11 is 1.01. The average molecular weight is 275 g/mol. The molecule has 0 bridgehead atoms. The van der Waals surface area contributed by atoms with E-state index in [0.29, 0.717) is 12.1 Å². The fourth-order valence-electron chi connectivity index (χ4n) is 1.35. The number of aromatic nitrogens is 1. The second-order valence-corrected chi connectivity index (χ2v) is 4.27. The smallest absolute Gasteiger partial charge is 0.288 e. The maximum Gasteiger partial charge on any atom is 0.419 e. The van der Waals surface area contributed by atoms with Gasteiger partial charge in [-0.3, -0.25) is 9.78 Å². The second-order valence-electron chi connectivity index (χ2n) is 3.39. The number of carbonyl (C=O) groups is 1. The minimum Gasteiger partial charge on any atom is -0.288 e. The molecule has 0 fully saturated rings. The largest absolute Gasteiger partial charge is 0.419 e. The van der Waals surface area contributed by atoms with Gasteiger partial charge in [0.25, 0.3) is 0 Å². The van der Waals surface area contributed by atoms with Gasteiger partial charge in [-0.2, -0.15) is 13.2 Å². The molecule has 0 N–H and O–H groups in total. The molecule has 2 aromatic rings. The van der Waals surface area contributed by atoms with Gasteiger partial charge in [0.1, 0.15) is 5.82 Å². The Morgan fingerprint density at radius 1 is 1.28 bits per heavy atom. The minimum atomic E-state index is -4.83. The highest BCUT2D eigenvalue weighted by Gasteiger charge is 2.34. The number of halogens is 4. The van der Waals surface area contributed by atoms with E-state index in [9.17, 15) is 22.4 Å². The first-order valence-corrected chi connectivity index (χ1v) is 5.57. The maximum atomic E-state index is 13.0. The number of hydrogen-bond acceptors (Lipinski definition) is 3. The summed E-state index contributed by atoms with van der Waals surface area (Å²) < 4.78 is 50.5. The third kappa shape index (κ3) is 2.40. The zero-order valence-corrected chi connectivity index (χ0v) is 9.48. The monoisotopic (exact) mass is 275 g/mol. The Balaban J connectivity index is 2.45. The van der Waals surface area contributed by atoms with E-state index >= 15 is 0 Å². The molecule has 2 rings (SSSR count). The molecule has 1 aromatic heterocycles. The quantitative estimate of drug-likeness (QED) is 0.620. The maximum absolute atomic E-state index is 13.0. The van der Waals surface area contributed by atoms with Crippen LogP contribution in [-0.2, 0) is 6.18 Å². The molecule has 0 saturated heterocycles. The molecule has 0 atom stereocenters. The molecule has 0 radical (unpaired) electrons. The van der Waals surface area contributed by atoms with Gasteiger partial charge < -0.3 is 0 Å². The van der Waals surface area contributed by atoms with Gasteiger partial charge >= 0.3 is 6.18 Å². The van der Waals surface area contributed by atoms with E-state index < -0.39 is 23.3 Å². The van der Waals surface area contributed by atoms with Crippen molar-refractivity contribution in [1.82, 2.24) is 4.98 Å². The molecule has 0 aliphatic carbocycles. The molecule has 0 aliphatic rings. The van der Waals surface area contributed by atoms with Gasteiger partial charge in [0.15, 0.2) is 0 Å². The van der Waals surface area contributed by atoms with Crippen LogP contribution in [0, 0.1) is 5.82 Å². The number of ketones is 1. The van der Waals surface area contributed by atoms with Gasteiger partial charge in [0.2, 0.25) is 5.78 Å². The zero-order chi connectivity index (χ0) is 13.3. The second kappa shape index (κ2) is 4.49. The van der Waals surface area contributed by atoms with E-state index in [1.54, 1.807) is 0 Å². The Morgan fingerprint density at radius 3 is 2.56 bits per heavy atom. The number of thiazole rings is 1. The van der Waals surface area contributed by atoms with Crippen molar-refractivity contribution in [2.24, 2.45) is 0 Å². The lowest BCUT2D eigenvalue weighted by Crippen LogP contribution is -2.10. The lowest BCUT2D eigenvalue weighted by Gasteiger charge is -2.09. The van der Waals surface area contributed by atoms with Gasteiger partial charge in [-0.15, -0.1) is 11.3 Å². The van der Waals surface area contributed by atoms with E-state index in [-0.39, 0.29) is 10.4 Å². The summed E-state index contributed by atoms with van der Waals surface area (Å²) in [6.07, 6.45) is -3.57. The summed E-state index contributed by atoms with van der Waals surface area (Å²) in [5.41, 5.74) is -0.271. The number of rotatable bonds is 2. The molecule has 7 heteroatoms. The van der Waals surface area contributed by atoms with Crippen LogP contribution in [0.15, 0.2) is 29.9 Å². The number of hydrogen-bond donors (Lipinski definition) is 0. The molecule has 18 heavy (non-hydrogen) atoms. The molecule has 0 aliphatic heterocycles. The van der Waals surface area contributed by atoms with Crippen LogP contribution < -0.4 is 0 Å². The summed E-state index contributed by atoms with van der Waals surface area (Å²) in [6.45, 7) is 0. The van der Waals surface area contributed by atoms with Gasteiger partial charge in [-0.05, 0) is 18.2 Å². The topological polar surface area (TPSA) is 30.0 Å². The molecule has 0 amide bonds. The predicted octanol–water partition coefficient (Wildman–Crippen LogP) is 3.53. The van der Waals surface area contributed by atoms with Crippen LogP contribution in [0.1, 0.15) is 20.8 Å². The molecule has 0 saturated carbocycles. The van der Waals surface area contributed by atoms with Crippen LogP contribution in [0.4, 0.5) is 17.6 Å². The average Bonchev–Trinajstić information content (AvgIpc) is 2.80. The number of nitrogens with zero attached hydrogens (tertiary/aromatic N) is 1. The molecule has 1 aromatic carbocycles. The van der Waals surface area contributed by atoms with Crippen LogP contribution in [0.3, 0.4) is 0 Å². The lowest BCUT2D eigenvalue weighted by atomic mass is 10.1. The number of carbonyl (C=O) groups excluding carboxylic acids is 1. The molecular formula is C11H5F4NOS. The summed E-state index contributed by atoms with van der Waals surface area (Å²) in [4.78, 5) is 15.6. The summed E-state index contributed by atoms with van der Waals surface area (Å²) in [5, 5.41) is 0. The van der Waals surface area contributed by atoms with Gasteiger partial charge in [0.05, 0.1) is 16.0 Å². The Hall–Kier alpha value is -1.76. The standard InChI is InChI=1S/C11H5F4NOS/c12-8-2-1-6(3-7(8)11(13,14)15)10(17)9-4-16-5-18-9/h1-5H. The third-order valence-corrected chi connectivity index (χ3v) is 2.96. The van der Waals surface area contributed by atoms with Crippen molar-refractivity contribution in [1.29, 1.82) is 0 Å². The predicted molar refractivity (Wildman–Crippen MR) is 56.9 cm³/mol. The van der Waals surface area contributed by atoms with Crippen molar-refractivity contribution in [2.45, 2.75) is 6.18 Å². The summed E-state index contributed by atoms with van der Waals surface area (Å²) in [6, 6.07) is 2.17. The fraction of sp³-hybridized carbons (Fsp3) is 0.0909. The molecule has 1 heterocycles. The Morgan fingerprint density at radius 2 is 2.00 bits per heavy atom. The summed E-state index contributed by atoms with van der Waals surface area (Å²) in [7, 11) is 0. The minimum absolute atomic E-state index is 0.203. The van der Waals surface area contributed by atoms with Crippen molar-refractivity contribution < 1.29 is 22.4 Å². The number of benzene rings is 1. The van der Waals surface area contributed by atoms with Crippen molar-refractivity contribution in [3.63, 3.8) is 0 Å². The molecule has 0 spiro atoms. The van der Waals surface area contributed by atoms with Gasteiger partial charge in [0, 0.05) is 11.8 Å². The molecular weight excluding hydrogens is 270 g/mol. The first-order chi connectivity index (χ1) is 8.39. The third-order valence-electron chi connectivity index (χ3n) is 2.19. The van der Waals surface area contributed by atoms with E-state index in [4.69, 9.17) is 0 Å². The number of alkyl halides is 3. The molecule has 94 valence electrons.